The number of carbonyl (C=O) groups excluding carboxylic acids is 1. The average Bonchev–Trinajstić information content (AvgIpc) is 3.25. The zero-order valence-corrected chi connectivity index (χ0v) is 15.2. The Morgan fingerprint density at radius 2 is 2.04 bits per heavy atom. The highest BCUT2D eigenvalue weighted by atomic mass is 16.2. The number of rotatable bonds is 2. The van der Waals surface area contributed by atoms with E-state index in [0.717, 1.165) is 45.5 Å². The molecule has 0 bridgehead atoms. The van der Waals surface area contributed by atoms with Gasteiger partial charge in [0, 0.05) is 71.2 Å². The summed E-state index contributed by atoms with van der Waals surface area (Å²) in [5, 5.41) is 3.93. The zero-order valence-electron chi connectivity index (χ0n) is 15.2. The van der Waals surface area contributed by atoms with Gasteiger partial charge in [0.15, 0.2) is 0 Å². The van der Waals surface area contributed by atoms with Crippen LogP contribution >= 0.6 is 0 Å². The summed E-state index contributed by atoms with van der Waals surface area (Å²) in [4.78, 5) is 24.4. The topological polar surface area (TPSA) is 75.6 Å². The fourth-order valence-corrected chi connectivity index (χ4v) is 3.92. The van der Waals surface area contributed by atoms with Crippen LogP contribution in [0.3, 0.4) is 0 Å². The van der Waals surface area contributed by atoms with Crippen molar-refractivity contribution in [3.8, 4) is 22.3 Å². The minimum absolute atomic E-state index is 0.0206. The third kappa shape index (κ3) is 2.44. The van der Waals surface area contributed by atoms with Gasteiger partial charge in [-0.3, -0.25) is 9.78 Å². The minimum atomic E-state index is -0.0206. The Morgan fingerprint density at radius 1 is 1.15 bits per heavy atom. The first-order chi connectivity index (χ1) is 13.1. The zero-order chi connectivity index (χ0) is 18.5. The van der Waals surface area contributed by atoms with Crippen molar-refractivity contribution >= 4 is 16.9 Å². The molecule has 0 aliphatic carbocycles. The van der Waals surface area contributed by atoms with Gasteiger partial charge in [0.2, 0.25) is 0 Å². The van der Waals surface area contributed by atoms with E-state index in [-0.39, 0.29) is 5.91 Å². The van der Waals surface area contributed by atoms with Crippen LogP contribution in [0.15, 0.2) is 43.0 Å². The van der Waals surface area contributed by atoms with E-state index >= 15 is 0 Å². The second-order valence-corrected chi connectivity index (χ2v) is 6.97. The van der Waals surface area contributed by atoms with Crippen LogP contribution in [-0.4, -0.2) is 32.0 Å². The maximum Gasteiger partial charge on any atom is 0.267 e. The number of fused-ring (bicyclic) bond motifs is 2. The molecule has 0 spiro atoms. The molecule has 134 valence electrons. The third-order valence-electron chi connectivity index (χ3n) is 5.25. The maximum absolute atomic E-state index is 12.1. The lowest BCUT2D eigenvalue weighted by molar-refractivity contribution is 0.0928. The molecule has 0 aromatic carbocycles. The van der Waals surface area contributed by atoms with E-state index < -0.39 is 0 Å². The summed E-state index contributed by atoms with van der Waals surface area (Å²) in [5.74, 6) is -0.0206. The van der Waals surface area contributed by atoms with Crippen LogP contribution in [-0.2, 0) is 6.54 Å². The van der Waals surface area contributed by atoms with Crippen LogP contribution in [0.5, 0.6) is 0 Å². The summed E-state index contributed by atoms with van der Waals surface area (Å²) in [6.45, 7) is 5.57. The molecule has 27 heavy (non-hydrogen) atoms. The molecule has 1 amide bonds. The van der Waals surface area contributed by atoms with Gasteiger partial charge in [0.1, 0.15) is 11.3 Å². The van der Waals surface area contributed by atoms with E-state index in [1.165, 1.54) is 5.56 Å². The first-order valence-electron chi connectivity index (χ1n) is 9.00. The van der Waals surface area contributed by atoms with Crippen LogP contribution in [0.2, 0.25) is 0 Å². The number of aryl methyl sites for hydroxylation is 2. The van der Waals surface area contributed by atoms with Crippen molar-refractivity contribution in [1.82, 2.24) is 24.8 Å². The Morgan fingerprint density at radius 3 is 2.85 bits per heavy atom. The van der Waals surface area contributed by atoms with E-state index in [9.17, 15) is 4.79 Å². The Hall–Kier alpha value is -3.41. The monoisotopic (exact) mass is 357 g/mol. The van der Waals surface area contributed by atoms with Crippen LogP contribution in [0.1, 0.15) is 21.7 Å². The Bertz CT molecular complexity index is 1180. The third-order valence-corrected chi connectivity index (χ3v) is 5.25. The molecule has 0 saturated carbocycles. The second kappa shape index (κ2) is 5.81. The van der Waals surface area contributed by atoms with Gasteiger partial charge in [0.05, 0.1) is 0 Å². The number of amides is 1. The maximum atomic E-state index is 12.1. The highest BCUT2D eigenvalue weighted by molar-refractivity contribution is 5.99. The van der Waals surface area contributed by atoms with Gasteiger partial charge < -0.3 is 14.9 Å². The molecule has 2 N–H and O–H groups in total. The number of carbonyl (C=O) groups is 1. The fourth-order valence-electron chi connectivity index (χ4n) is 3.92. The van der Waals surface area contributed by atoms with E-state index in [2.05, 4.69) is 33.3 Å². The first-order valence-corrected chi connectivity index (χ1v) is 9.00. The average molecular weight is 357 g/mol. The lowest BCUT2D eigenvalue weighted by Gasteiger charge is -2.14. The molecule has 0 radical (unpaired) electrons. The molecular weight excluding hydrogens is 338 g/mol. The van der Waals surface area contributed by atoms with Crippen LogP contribution < -0.4 is 5.32 Å². The molecule has 5 rings (SSSR count). The summed E-state index contributed by atoms with van der Waals surface area (Å²) in [5.41, 5.74) is 7.94. The molecule has 6 nitrogen and oxygen atoms in total. The number of hydrogen-bond acceptors (Lipinski definition) is 3. The molecule has 0 fully saturated rings. The largest absolute Gasteiger partial charge is 0.349 e. The molecule has 1 aliphatic rings. The fraction of sp³-hybridized carbons (Fsp3) is 0.190. The molecule has 0 unspecified atom stereocenters. The summed E-state index contributed by atoms with van der Waals surface area (Å²) >= 11 is 0. The van der Waals surface area contributed by atoms with Crippen LogP contribution in [0.4, 0.5) is 0 Å². The lowest BCUT2D eigenvalue weighted by atomic mass is 9.99. The SMILES string of the molecule is Cc1ccnc(C)c1-c1cnc2[nH]cc(-c3cc4n(c3)CCNC4=O)c2c1. The molecule has 4 aromatic heterocycles. The van der Waals surface area contributed by atoms with E-state index in [1.807, 2.05) is 48.4 Å². The Kier molecular flexibility index (Phi) is 3.40. The number of aromatic nitrogens is 4. The summed E-state index contributed by atoms with van der Waals surface area (Å²) in [6, 6.07) is 6.12. The second-order valence-electron chi connectivity index (χ2n) is 6.97. The van der Waals surface area contributed by atoms with Crippen molar-refractivity contribution in [3.63, 3.8) is 0 Å². The van der Waals surface area contributed by atoms with E-state index in [0.29, 0.717) is 12.2 Å². The van der Waals surface area contributed by atoms with Gasteiger partial charge in [-0.2, -0.15) is 0 Å². The lowest BCUT2D eigenvalue weighted by Crippen LogP contribution is -2.34. The summed E-state index contributed by atoms with van der Waals surface area (Å²) in [6.07, 6.45) is 7.73. The number of nitrogens with zero attached hydrogens (tertiary/aromatic N) is 3. The van der Waals surface area contributed by atoms with E-state index in [4.69, 9.17) is 0 Å². The van der Waals surface area contributed by atoms with Crippen molar-refractivity contribution in [3.05, 3.63) is 59.9 Å². The van der Waals surface area contributed by atoms with Gasteiger partial charge >= 0.3 is 0 Å². The predicted octanol–water partition coefficient (Wildman–Crippen LogP) is 3.45. The van der Waals surface area contributed by atoms with Gasteiger partial charge in [-0.15, -0.1) is 0 Å². The van der Waals surface area contributed by atoms with Gasteiger partial charge in [0.25, 0.3) is 5.91 Å². The van der Waals surface area contributed by atoms with Gasteiger partial charge in [-0.25, -0.2) is 4.98 Å². The van der Waals surface area contributed by atoms with Crippen LogP contribution in [0, 0.1) is 13.8 Å². The van der Waals surface area contributed by atoms with Gasteiger partial charge in [-0.1, -0.05) is 0 Å². The molecule has 4 aromatic rings. The summed E-state index contributed by atoms with van der Waals surface area (Å²) in [7, 11) is 0. The minimum Gasteiger partial charge on any atom is -0.349 e. The number of nitrogens with one attached hydrogen (secondary N) is 2. The Labute approximate surface area is 156 Å². The van der Waals surface area contributed by atoms with Crippen molar-refractivity contribution in [2.75, 3.05) is 6.54 Å². The van der Waals surface area contributed by atoms with Crippen molar-refractivity contribution in [1.29, 1.82) is 0 Å². The molecule has 5 heterocycles. The highest BCUT2D eigenvalue weighted by Crippen LogP contribution is 2.33. The predicted molar refractivity (Wildman–Crippen MR) is 105 cm³/mol. The smallest absolute Gasteiger partial charge is 0.267 e. The van der Waals surface area contributed by atoms with Crippen molar-refractivity contribution < 1.29 is 4.79 Å². The van der Waals surface area contributed by atoms with Crippen molar-refractivity contribution in [2.45, 2.75) is 20.4 Å². The standard InChI is InChI=1S/C21H19N5O/c1-12-3-4-22-13(2)19(12)14-7-16-17(10-25-20(16)24-9-14)15-8-18-21(27)23-5-6-26(18)11-15/h3-4,7-11H,5-6H2,1-2H3,(H,23,27)(H,24,25). The number of hydrogen-bond donors (Lipinski definition) is 2. The first kappa shape index (κ1) is 15.8. The molecule has 6 heteroatoms. The van der Waals surface area contributed by atoms with Crippen molar-refractivity contribution in [2.24, 2.45) is 0 Å². The van der Waals surface area contributed by atoms with Crippen LogP contribution in [0.25, 0.3) is 33.3 Å². The number of H-pyrrole nitrogens is 1. The molecule has 0 atom stereocenters. The quantitative estimate of drug-likeness (QED) is 0.577. The number of aromatic amines is 1. The normalized spacial score (nSPS) is 13.6. The molecule has 0 saturated heterocycles. The number of pyridine rings is 2. The summed E-state index contributed by atoms with van der Waals surface area (Å²) < 4.78 is 2.01. The Balaban J connectivity index is 1.68. The highest BCUT2D eigenvalue weighted by Gasteiger charge is 2.20. The molecular formula is C21H19N5O. The molecule has 1 aliphatic heterocycles. The van der Waals surface area contributed by atoms with E-state index in [1.54, 1.807) is 0 Å². The van der Waals surface area contributed by atoms with Gasteiger partial charge in [-0.05, 0) is 37.6 Å².